The van der Waals surface area contributed by atoms with E-state index in [-0.39, 0.29) is 22.8 Å². The predicted molar refractivity (Wildman–Crippen MR) is 89.0 cm³/mol. The van der Waals surface area contributed by atoms with Crippen LogP contribution in [0.5, 0.6) is 0 Å². The first-order valence-electron chi connectivity index (χ1n) is 7.18. The summed E-state index contributed by atoms with van der Waals surface area (Å²) in [5.74, 6) is -1.63. The minimum atomic E-state index is -0.755. The fraction of sp³-hybridized carbons (Fsp3) is 0.167. The standard InChI is InChI=1S/C18H15ClFNO3/c1-24-18(23)15(10-13-3-4-14(20)11-16(13)19)17(22)5-2-12-6-8-21-9-7-12/h3-4,6-11H,2,5H2,1H3. The molecule has 2 rings (SSSR count). The molecular formula is C18H15ClFNO3. The van der Waals surface area contributed by atoms with Crippen LogP contribution in [-0.4, -0.2) is 23.8 Å². The third-order valence-electron chi connectivity index (χ3n) is 3.36. The number of rotatable bonds is 6. The van der Waals surface area contributed by atoms with Crippen LogP contribution < -0.4 is 0 Å². The fourth-order valence-corrected chi connectivity index (χ4v) is 2.30. The number of hydrogen-bond acceptors (Lipinski definition) is 4. The number of carbonyl (C=O) groups is 2. The SMILES string of the molecule is COC(=O)C(=Cc1ccc(F)cc1Cl)C(=O)CCc1ccncc1. The van der Waals surface area contributed by atoms with E-state index in [1.54, 1.807) is 24.5 Å². The van der Waals surface area contributed by atoms with E-state index in [1.807, 2.05) is 0 Å². The van der Waals surface area contributed by atoms with Crippen LogP contribution in [0.1, 0.15) is 17.5 Å². The number of pyridine rings is 1. The Morgan fingerprint density at radius 1 is 1.25 bits per heavy atom. The molecule has 24 heavy (non-hydrogen) atoms. The number of ketones is 1. The van der Waals surface area contributed by atoms with Crippen LogP contribution in [0.2, 0.25) is 5.02 Å². The van der Waals surface area contributed by atoms with Crippen LogP contribution in [0.25, 0.3) is 6.08 Å². The molecule has 0 bridgehead atoms. The van der Waals surface area contributed by atoms with E-state index in [0.29, 0.717) is 12.0 Å². The lowest BCUT2D eigenvalue weighted by molar-refractivity contribution is -0.137. The second-order valence-electron chi connectivity index (χ2n) is 4.99. The van der Waals surface area contributed by atoms with Gasteiger partial charge in [-0.05, 0) is 47.9 Å². The summed E-state index contributed by atoms with van der Waals surface area (Å²) in [5.41, 5.74) is 1.18. The highest BCUT2D eigenvalue weighted by atomic mass is 35.5. The second kappa shape index (κ2) is 8.36. The monoisotopic (exact) mass is 347 g/mol. The molecule has 124 valence electrons. The van der Waals surface area contributed by atoms with E-state index in [9.17, 15) is 14.0 Å². The van der Waals surface area contributed by atoms with Crippen LogP contribution in [-0.2, 0) is 20.7 Å². The van der Waals surface area contributed by atoms with Gasteiger partial charge >= 0.3 is 5.97 Å². The van der Waals surface area contributed by atoms with Gasteiger partial charge in [-0.1, -0.05) is 17.7 Å². The maximum Gasteiger partial charge on any atom is 0.341 e. The average Bonchev–Trinajstić information content (AvgIpc) is 2.59. The number of esters is 1. The molecule has 0 aliphatic rings. The first kappa shape index (κ1) is 17.8. The molecule has 4 nitrogen and oxygen atoms in total. The summed E-state index contributed by atoms with van der Waals surface area (Å²) in [7, 11) is 1.19. The molecule has 0 unspecified atom stereocenters. The maximum atomic E-state index is 13.1. The molecule has 0 amide bonds. The molecule has 1 aromatic carbocycles. The molecule has 0 fully saturated rings. The zero-order valence-corrected chi connectivity index (χ0v) is 13.7. The van der Waals surface area contributed by atoms with E-state index in [0.717, 1.165) is 11.6 Å². The van der Waals surface area contributed by atoms with Crippen molar-refractivity contribution >= 4 is 29.4 Å². The van der Waals surface area contributed by atoms with Crippen molar-refractivity contribution in [3.63, 3.8) is 0 Å². The van der Waals surface area contributed by atoms with Crippen molar-refractivity contribution < 1.29 is 18.7 Å². The lowest BCUT2D eigenvalue weighted by Gasteiger charge is -2.06. The largest absolute Gasteiger partial charge is 0.465 e. The highest BCUT2D eigenvalue weighted by Crippen LogP contribution is 2.21. The maximum absolute atomic E-state index is 13.1. The number of Topliss-reactive ketones (excluding diaryl/α,β-unsaturated/α-hetero) is 1. The van der Waals surface area contributed by atoms with Crippen LogP contribution in [0, 0.1) is 5.82 Å². The van der Waals surface area contributed by atoms with Gasteiger partial charge in [-0.25, -0.2) is 9.18 Å². The Morgan fingerprint density at radius 2 is 1.96 bits per heavy atom. The van der Waals surface area contributed by atoms with Crippen LogP contribution >= 0.6 is 11.6 Å². The molecule has 0 radical (unpaired) electrons. The van der Waals surface area contributed by atoms with Crippen molar-refractivity contribution in [3.05, 3.63) is 70.3 Å². The Morgan fingerprint density at radius 3 is 2.58 bits per heavy atom. The first-order chi connectivity index (χ1) is 11.5. The average molecular weight is 348 g/mol. The summed E-state index contributed by atoms with van der Waals surface area (Å²) in [6, 6.07) is 7.31. The Labute approximate surface area is 143 Å². The molecular weight excluding hydrogens is 333 g/mol. The molecule has 0 N–H and O–H groups in total. The summed E-state index contributed by atoms with van der Waals surface area (Å²) in [6.07, 6.45) is 5.18. The highest BCUT2D eigenvalue weighted by molar-refractivity contribution is 6.32. The van der Waals surface area contributed by atoms with Gasteiger partial charge in [0, 0.05) is 18.8 Å². The van der Waals surface area contributed by atoms with E-state index in [4.69, 9.17) is 11.6 Å². The highest BCUT2D eigenvalue weighted by Gasteiger charge is 2.19. The minimum Gasteiger partial charge on any atom is -0.465 e. The van der Waals surface area contributed by atoms with Crippen molar-refractivity contribution in [3.8, 4) is 0 Å². The summed E-state index contributed by atoms with van der Waals surface area (Å²) < 4.78 is 17.8. The molecule has 1 aromatic heterocycles. The van der Waals surface area contributed by atoms with Gasteiger partial charge in [0.1, 0.15) is 11.4 Å². The van der Waals surface area contributed by atoms with Gasteiger partial charge < -0.3 is 4.74 Å². The number of nitrogens with zero attached hydrogens (tertiary/aromatic N) is 1. The number of ether oxygens (including phenoxy) is 1. The zero-order valence-electron chi connectivity index (χ0n) is 13.0. The summed E-state index contributed by atoms with van der Waals surface area (Å²) in [4.78, 5) is 28.2. The van der Waals surface area contributed by atoms with E-state index in [2.05, 4.69) is 9.72 Å². The van der Waals surface area contributed by atoms with Crippen molar-refractivity contribution in [1.29, 1.82) is 0 Å². The van der Waals surface area contributed by atoms with Crippen LogP contribution in [0.3, 0.4) is 0 Å². The molecule has 0 atom stereocenters. The number of aryl methyl sites for hydroxylation is 1. The third kappa shape index (κ3) is 4.73. The van der Waals surface area contributed by atoms with Gasteiger partial charge in [0.15, 0.2) is 5.78 Å². The lowest BCUT2D eigenvalue weighted by Crippen LogP contribution is -2.15. The van der Waals surface area contributed by atoms with Crippen LogP contribution in [0.15, 0.2) is 48.3 Å². The number of methoxy groups -OCH3 is 1. The predicted octanol–water partition coefficient (Wildman–Crippen LogP) is 3.63. The fourth-order valence-electron chi connectivity index (χ4n) is 2.08. The Balaban J connectivity index is 2.22. The van der Waals surface area contributed by atoms with Gasteiger partial charge in [-0.3, -0.25) is 9.78 Å². The van der Waals surface area contributed by atoms with Gasteiger partial charge in [0.2, 0.25) is 0 Å². The van der Waals surface area contributed by atoms with Gasteiger partial charge in [-0.2, -0.15) is 0 Å². The van der Waals surface area contributed by atoms with Gasteiger partial charge in [0.05, 0.1) is 12.1 Å². The van der Waals surface area contributed by atoms with E-state index >= 15 is 0 Å². The zero-order chi connectivity index (χ0) is 17.5. The van der Waals surface area contributed by atoms with E-state index < -0.39 is 11.8 Å². The van der Waals surface area contributed by atoms with Gasteiger partial charge in [0.25, 0.3) is 0 Å². The van der Waals surface area contributed by atoms with Crippen molar-refractivity contribution in [1.82, 2.24) is 4.98 Å². The van der Waals surface area contributed by atoms with Gasteiger partial charge in [-0.15, -0.1) is 0 Å². The number of hydrogen-bond donors (Lipinski definition) is 0. The smallest absolute Gasteiger partial charge is 0.341 e. The Kier molecular flexibility index (Phi) is 6.21. The molecule has 2 aromatic rings. The Hall–Kier alpha value is -2.53. The van der Waals surface area contributed by atoms with Crippen molar-refractivity contribution in [2.45, 2.75) is 12.8 Å². The normalized spacial score (nSPS) is 11.2. The summed E-state index contributed by atoms with van der Waals surface area (Å²) in [5, 5.41) is 0.110. The Bertz CT molecular complexity index is 775. The number of halogens is 2. The minimum absolute atomic E-state index is 0.110. The summed E-state index contributed by atoms with van der Waals surface area (Å²) in [6.45, 7) is 0. The molecule has 6 heteroatoms. The number of benzene rings is 1. The summed E-state index contributed by atoms with van der Waals surface area (Å²) >= 11 is 5.94. The molecule has 0 saturated heterocycles. The van der Waals surface area contributed by atoms with Crippen molar-refractivity contribution in [2.24, 2.45) is 0 Å². The molecule has 1 heterocycles. The molecule has 0 aliphatic heterocycles. The molecule has 0 aliphatic carbocycles. The second-order valence-corrected chi connectivity index (χ2v) is 5.40. The molecule has 0 saturated carbocycles. The quantitative estimate of drug-likeness (QED) is 0.346. The topological polar surface area (TPSA) is 56.3 Å². The molecule has 0 spiro atoms. The lowest BCUT2D eigenvalue weighted by atomic mass is 10.0. The number of aromatic nitrogens is 1. The van der Waals surface area contributed by atoms with E-state index in [1.165, 1.54) is 25.3 Å². The van der Waals surface area contributed by atoms with Crippen LogP contribution in [0.4, 0.5) is 4.39 Å². The third-order valence-corrected chi connectivity index (χ3v) is 3.69. The number of carbonyl (C=O) groups excluding carboxylic acids is 2. The first-order valence-corrected chi connectivity index (χ1v) is 7.56. The van der Waals surface area contributed by atoms with Crippen molar-refractivity contribution in [2.75, 3.05) is 7.11 Å².